The van der Waals surface area contributed by atoms with Gasteiger partial charge in [-0.1, -0.05) is 41.5 Å². The molecule has 0 spiro atoms. The SMILES string of the molecule is COc1ccc(N)c(CC(=O)OCC(=O)[C@@]2(O)[C@H](C)CC3C(C)(C)C(C)(C)[C@@]32C)c1. The molecule has 0 amide bonds. The van der Waals surface area contributed by atoms with Crippen molar-refractivity contribution in [3.8, 4) is 5.75 Å². The summed E-state index contributed by atoms with van der Waals surface area (Å²) in [5.41, 5.74) is 4.65. The lowest BCUT2D eigenvalue weighted by Crippen LogP contribution is -2.73. The molecular formula is C24H35NO5. The quantitative estimate of drug-likeness (QED) is 0.544. The van der Waals surface area contributed by atoms with E-state index in [1.54, 1.807) is 18.2 Å². The van der Waals surface area contributed by atoms with Gasteiger partial charge in [0, 0.05) is 11.1 Å². The second kappa shape index (κ2) is 6.98. The van der Waals surface area contributed by atoms with Gasteiger partial charge in [-0.2, -0.15) is 0 Å². The number of nitrogens with two attached hydrogens (primary N) is 1. The minimum atomic E-state index is -1.52. The number of anilines is 1. The molecule has 166 valence electrons. The Bertz CT molecular complexity index is 876. The van der Waals surface area contributed by atoms with Crippen LogP contribution in [-0.4, -0.2) is 36.2 Å². The van der Waals surface area contributed by atoms with Crippen LogP contribution in [-0.2, 0) is 20.7 Å². The maximum absolute atomic E-state index is 13.2. The normalized spacial score (nSPS) is 33.3. The summed E-state index contributed by atoms with van der Waals surface area (Å²) >= 11 is 0. The van der Waals surface area contributed by atoms with E-state index < -0.39 is 29.4 Å². The first-order valence-corrected chi connectivity index (χ1v) is 10.6. The fourth-order valence-electron chi connectivity index (χ4n) is 6.38. The molecule has 4 atom stereocenters. The molecule has 0 aliphatic heterocycles. The average Bonchev–Trinajstić information content (AvgIpc) is 2.90. The van der Waals surface area contributed by atoms with Gasteiger partial charge in [-0.25, -0.2) is 0 Å². The predicted octanol–water partition coefficient (Wildman–Crippen LogP) is 3.39. The van der Waals surface area contributed by atoms with Crippen LogP contribution in [0.4, 0.5) is 5.69 Å². The minimum Gasteiger partial charge on any atom is -0.497 e. The van der Waals surface area contributed by atoms with Crippen LogP contribution in [0.5, 0.6) is 5.75 Å². The van der Waals surface area contributed by atoms with Crippen LogP contribution in [0.3, 0.4) is 0 Å². The number of benzene rings is 1. The molecule has 3 rings (SSSR count). The van der Waals surface area contributed by atoms with Gasteiger partial charge in [-0.05, 0) is 52.8 Å². The van der Waals surface area contributed by atoms with Crippen molar-refractivity contribution < 1.29 is 24.2 Å². The molecule has 2 aliphatic rings. The molecular weight excluding hydrogens is 382 g/mol. The third-order valence-corrected chi connectivity index (χ3v) is 9.05. The van der Waals surface area contributed by atoms with Gasteiger partial charge in [-0.15, -0.1) is 0 Å². The second-order valence-corrected chi connectivity index (χ2v) is 10.3. The van der Waals surface area contributed by atoms with Crippen molar-refractivity contribution in [2.45, 2.75) is 60.0 Å². The number of carbonyl (C=O) groups is 2. The molecule has 0 heterocycles. The number of ether oxygens (including phenoxy) is 2. The molecule has 2 fully saturated rings. The van der Waals surface area contributed by atoms with E-state index in [1.807, 2.05) is 13.8 Å². The van der Waals surface area contributed by atoms with Gasteiger partial charge in [0.15, 0.2) is 6.61 Å². The van der Waals surface area contributed by atoms with E-state index in [2.05, 4.69) is 27.7 Å². The first kappa shape index (κ1) is 22.6. The van der Waals surface area contributed by atoms with Gasteiger partial charge in [0.2, 0.25) is 5.78 Å². The number of methoxy groups -OCH3 is 1. The molecule has 6 nitrogen and oxygen atoms in total. The molecule has 2 saturated carbocycles. The Morgan fingerprint density at radius 1 is 1.20 bits per heavy atom. The predicted molar refractivity (Wildman–Crippen MR) is 115 cm³/mol. The number of Topliss-reactive ketones (excluding diaryl/α,β-unsaturated/α-hetero) is 1. The zero-order valence-corrected chi connectivity index (χ0v) is 19.2. The minimum absolute atomic E-state index is 0.0152. The van der Waals surface area contributed by atoms with Crippen molar-refractivity contribution >= 4 is 17.4 Å². The largest absolute Gasteiger partial charge is 0.497 e. The lowest BCUT2D eigenvalue weighted by atomic mass is 9.32. The number of fused-ring (bicyclic) bond motifs is 1. The Labute approximate surface area is 179 Å². The number of ketones is 1. The van der Waals surface area contributed by atoms with E-state index in [0.29, 0.717) is 17.0 Å². The lowest BCUT2D eigenvalue weighted by molar-refractivity contribution is -0.278. The second-order valence-electron chi connectivity index (χ2n) is 10.3. The molecule has 0 radical (unpaired) electrons. The summed E-state index contributed by atoms with van der Waals surface area (Å²) in [7, 11) is 1.53. The van der Waals surface area contributed by atoms with Crippen LogP contribution in [0.15, 0.2) is 18.2 Å². The first-order valence-electron chi connectivity index (χ1n) is 10.6. The average molecular weight is 418 g/mol. The van der Waals surface area contributed by atoms with Crippen LogP contribution in [0.25, 0.3) is 0 Å². The van der Waals surface area contributed by atoms with Gasteiger partial charge in [-0.3, -0.25) is 9.59 Å². The molecule has 30 heavy (non-hydrogen) atoms. The van der Waals surface area contributed by atoms with Gasteiger partial charge in [0.1, 0.15) is 11.4 Å². The van der Waals surface area contributed by atoms with E-state index in [1.165, 1.54) is 7.11 Å². The summed E-state index contributed by atoms with van der Waals surface area (Å²) < 4.78 is 10.5. The summed E-state index contributed by atoms with van der Waals surface area (Å²) in [6, 6.07) is 5.05. The Balaban J connectivity index is 1.72. The third kappa shape index (κ3) is 2.72. The summed E-state index contributed by atoms with van der Waals surface area (Å²) in [4.78, 5) is 25.6. The molecule has 2 aliphatic carbocycles. The first-order chi connectivity index (χ1) is 13.7. The van der Waals surface area contributed by atoms with Gasteiger partial charge in [0.25, 0.3) is 0 Å². The summed E-state index contributed by atoms with van der Waals surface area (Å²) in [5, 5.41) is 11.7. The zero-order chi connectivity index (χ0) is 22.7. The molecule has 0 aromatic heterocycles. The summed E-state index contributed by atoms with van der Waals surface area (Å²) in [6.07, 6.45) is 0.714. The van der Waals surface area contributed by atoms with Crippen molar-refractivity contribution in [2.24, 2.45) is 28.1 Å². The van der Waals surface area contributed by atoms with E-state index in [9.17, 15) is 14.7 Å². The number of nitrogen functional groups attached to an aromatic ring is 1. The van der Waals surface area contributed by atoms with Crippen LogP contribution in [0, 0.1) is 28.1 Å². The molecule has 1 unspecified atom stereocenters. The van der Waals surface area contributed by atoms with Crippen molar-refractivity contribution in [3.63, 3.8) is 0 Å². The summed E-state index contributed by atoms with van der Waals surface area (Å²) in [5.74, 6) is -0.362. The topological polar surface area (TPSA) is 98.9 Å². The fraction of sp³-hybridized carbons (Fsp3) is 0.667. The number of carbonyl (C=O) groups excluding carboxylic acids is 2. The fourth-order valence-corrected chi connectivity index (χ4v) is 6.38. The van der Waals surface area contributed by atoms with E-state index in [-0.39, 0.29) is 29.1 Å². The van der Waals surface area contributed by atoms with Crippen molar-refractivity contribution in [2.75, 3.05) is 19.5 Å². The maximum atomic E-state index is 13.2. The van der Waals surface area contributed by atoms with Crippen LogP contribution < -0.4 is 10.5 Å². The van der Waals surface area contributed by atoms with E-state index in [4.69, 9.17) is 15.2 Å². The highest BCUT2D eigenvalue weighted by Gasteiger charge is 2.81. The molecule has 0 saturated heterocycles. The number of hydrogen-bond acceptors (Lipinski definition) is 6. The van der Waals surface area contributed by atoms with Crippen LogP contribution in [0.1, 0.15) is 53.5 Å². The summed E-state index contributed by atoms with van der Waals surface area (Å²) in [6.45, 7) is 12.2. The number of hydrogen-bond donors (Lipinski definition) is 2. The third-order valence-electron chi connectivity index (χ3n) is 9.05. The Hall–Kier alpha value is -2.08. The van der Waals surface area contributed by atoms with E-state index >= 15 is 0 Å². The number of aliphatic hydroxyl groups is 1. The Morgan fingerprint density at radius 2 is 1.83 bits per heavy atom. The highest BCUT2D eigenvalue weighted by molar-refractivity contribution is 5.92. The number of esters is 1. The van der Waals surface area contributed by atoms with Crippen molar-refractivity contribution in [3.05, 3.63) is 23.8 Å². The monoisotopic (exact) mass is 417 g/mol. The van der Waals surface area contributed by atoms with Gasteiger partial charge < -0.3 is 20.3 Å². The highest BCUT2D eigenvalue weighted by atomic mass is 16.5. The van der Waals surface area contributed by atoms with Gasteiger partial charge in [0.05, 0.1) is 13.5 Å². The van der Waals surface area contributed by atoms with Crippen LogP contribution >= 0.6 is 0 Å². The molecule has 1 aromatic carbocycles. The van der Waals surface area contributed by atoms with Crippen molar-refractivity contribution in [1.29, 1.82) is 0 Å². The maximum Gasteiger partial charge on any atom is 0.310 e. The lowest BCUT2D eigenvalue weighted by Gasteiger charge is -2.72. The smallest absolute Gasteiger partial charge is 0.310 e. The Morgan fingerprint density at radius 3 is 2.43 bits per heavy atom. The Kier molecular flexibility index (Phi) is 5.26. The standard InChI is InChI=1S/C24H35NO5/c1-14-10-18-21(2,3)22(4,5)23(18,6)24(14,28)19(26)13-30-20(27)12-15-11-16(29-7)8-9-17(15)25/h8-9,11,14,18,28H,10,12-13,25H2,1-7H3/t14-,18?,23-,24+/m1/s1. The van der Waals surface area contributed by atoms with E-state index in [0.717, 1.165) is 6.42 Å². The number of rotatable bonds is 6. The molecule has 6 heteroatoms. The molecule has 3 N–H and O–H groups in total. The van der Waals surface area contributed by atoms with Gasteiger partial charge >= 0.3 is 5.97 Å². The molecule has 1 aromatic rings. The van der Waals surface area contributed by atoms with Crippen LogP contribution in [0.2, 0.25) is 0 Å². The van der Waals surface area contributed by atoms with Crippen molar-refractivity contribution in [1.82, 2.24) is 0 Å². The zero-order valence-electron chi connectivity index (χ0n) is 19.2. The highest BCUT2D eigenvalue weighted by Crippen LogP contribution is 2.80. The molecule has 0 bridgehead atoms.